The fraction of sp³-hybridized carbons (Fsp3) is 0.385. The molecule has 0 aromatic heterocycles. The van der Waals surface area contributed by atoms with Gasteiger partial charge >= 0.3 is 6.18 Å². The van der Waals surface area contributed by atoms with Gasteiger partial charge in [-0.3, -0.25) is 0 Å². The number of allylic oxidation sites excluding steroid dienone is 1. The molecule has 0 amide bonds. The second kappa shape index (κ2) is 6.45. The average molecular weight is 278 g/mol. The van der Waals surface area contributed by atoms with Gasteiger partial charge in [0.1, 0.15) is 11.3 Å². The zero-order valence-corrected chi connectivity index (χ0v) is 10.6. The van der Waals surface area contributed by atoms with E-state index in [1.54, 1.807) is 6.92 Å². The molecule has 106 valence electrons. The normalized spacial score (nSPS) is 12.9. The fourth-order valence-corrected chi connectivity index (χ4v) is 1.47. The van der Waals surface area contributed by atoms with Gasteiger partial charge in [-0.05, 0) is 31.5 Å². The third-order valence-corrected chi connectivity index (χ3v) is 2.21. The maximum atomic E-state index is 13.4. The molecule has 0 fully saturated rings. The van der Waals surface area contributed by atoms with E-state index in [0.717, 1.165) is 12.1 Å². The van der Waals surface area contributed by atoms with E-state index in [2.05, 4.69) is 4.74 Å². The maximum Gasteiger partial charge on any atom is 0.422 e. The van der Waals surface area contributed by atoms with Gasteiger partial charge in [0.05, 0.1) is 13.2 Å². The van der Waals surface area contributed by atoms with Crippen LogP contribution in [0, 0.1) is 0 Å². The molecular formula is C13H14F4O2. The number of halogens is 4. The van der Waals surface area contributed by atoms with Crippen molar-refractivity contribution in [3.05, 3.63) is 35.8 Å². The Morgan fingerprint density at radius 2 is 1.63 bits per heavy atom. The van der Waals surface area contributed by atoms with E-state index in [-0.39, 0.29) is 12.2 Å². The Balaban J connectivity index is 3.16. The van der Waals surface area contributed by atoms with Gasteiger partial charge in [-0.25, -0.2) is 0 Å². The Labute approximate surface area is 108 Å². The van der Waals surface area contributed by atoms with Gasteiger partial charge in [0.15, 0.2) is 0 Å². The Bertz CT molecular complexity index is 435. The number of alkyl halides is 3. The molecule has 0 radical (unpaired) electrons. The molecule has 0 aliphatic heterocycles. The largest absolute Gasteiger partial charge is 0.494 e. The Morgan fingerprint density at radius 1 is 1.05 bits per heavy atom. The van der Waals surface area contributed by atoms with Crippen LogP contribution in [-0.4, -0.2) is 19.4 Å². The second-order valence-electron chi connectivity index (χ2n) is 3.54. The Morgan fingerprint density at radius 3 is 2.05 bits per heavy atom. The highest BCUT2D eigenvalue weighted by Gasteiger charge is 2.39. The highest BCUT2D eigenvalue weighted by Crippen LogP contribution is 2.37. The SMILES string of the molecule is CCO/C(F)=C(/c1ccc(OCC)cc1)C(F)(F)F. The number of benzene rings is 1. The minimum Gasteiger partial charge on any atom is -0.494 e. The second-order valence-corrected chi connectivity index (χ2v) is 3.54. The summed E-state index contributed by atoms with van der Waals surface area (Å²) in [6, 6.07) is 3.37. The molecule has 2 nitrogen and oxygen atoms in total. The predicted octanol–water partition coefficient (Wildman–Crippen LogP) is 4.32. The van der Waals surface area contributed by atoms with Gasteiger partial charge in [0.25, 0.3) is 6.01 Å². The molecule has 19 heavy (non-hydrogen) atoms. The van der Waals surface area contributed by atoms with Crippen LogP contribution in [0.2, 0.25) is 0 Å². The van der Waals surface area contributed by atoms with Crippen molar-refractivity contribution < 1.29 is 27.0 Å². The molecule has 0 N–H and O–H groups in total. The average Bonchev–Trinajstić information content (AvgIpc) is 2.30. The highest BCUT2D eigenvalue weighted by atomic mass is 19.4. The van der Waals surface area contributed by atoms with Crippen LogP contribution >= 0.6 is 0 Å². The van der Waals surface area contributed by atoms with Gasteiger partial charge in [0.2, 0.25) is 0 Å². The zero-order chi connectivity index (χ0) is 14.5. The van der Waals surface area contributed by atoms with E-state index in [4.69, 9.17) is 4.74 Å². The molecular weight excluding hydrogens is 264 g/mol. The Hall–Kier alpha value is -1.72. The Kier molecular flexibility index (Phi) is 5.20. The van der Waals surface area contributed by atoms with Crippen molar-refractivity contribution in [2.24, 2.45) is 0 Å². The van der Waals surface area contributed by atoms with Crippen molar-refractivity contribution in [3.63, 3.8) is 0 Å². The van der Waals surface area contributed by atoms with E-state index < -0.39 is 17.8 Å². The lowest BCUT2D eigenvalue weighted by Crippen LogP contribution is -2.13. The molecule has 0 atom stereocenters. The molecule has 0 saturated carbocycles. The summed E-state index contributed by atoms with van der Waals surface area (Å²) in [5.41, 5.74) is -1.72. The van der Waals surface area contributed by atoms with E-state index in [9.17, 15) is 17.6 Å². The van der Waals surface area contributed by atoms with Crippen molar-refractivity contribution in [2.45, 2.75) is 20.0 Å². The lowest BCUT2D eigenvalue weighted by atomic mass is 10.1. The number of hydrogen-bond acceptors (Lipinski definition) is 2. The van der Waals surface area contributed by atoms with E-state index in [0.29, 0.717) is 12.4 Å². The number of hydrogen-bond donors (Lipinski definition) is 0. The molecule has 6 heteroatoms. The molecule has 0 aliphatic rings. The summed E-state index contributed by atoms with van der Waals surface area (Å²) >= 11 is 0. The molecule has 1 aromatic rings. The zero-order valence-electron chi connectivity index (χ0n) is 10.6. The third-order valence-electron chi connectivity index (χ3n) is 2.21. The number of ether oxygens (including phenoxy) is 2. The van der Waals surface area contributed by atoms with Gasteiger partial charge in [-0.1, -0.05) is 12.1 Å². The first-order valence-electron chi connectivity index (χ1n) is 5.73. The van der Waals surface area contributed by atoms with E-state index >= 15 is 0 Å². The first kappa shape index (κ1) is 15.3. The van der Waals surface area contributed by atoms with E-state index in [1.165, 1.54) is 19.1 Å². The van der Waals surface area contributed by atoms with Gasteiger partial charge < -0.3 is 9.47 Å². The van der Waals surface area contributed by atoms with Crippen molar-refractivity contribution in [2.75, 3.05) is 13.2 Å². The maximum absolute atomic E-state index is 13.4. The quantitative estimate of drug-likeness (QED) is 0.590. The first-order chi connectivity index (χ1) is 8.90. The summed E-state index contributed by atoms with van der Waals surface area (Å²) in [4.78, 5) is 0. The molecule has 0 aliphatic carbocycles. The predicted molar refractivity (Wildman–Crippen MR) is 63.3 cm³/mol. The molecule has 1 aromatic carbocycles. The van der Waals surface area contributed by atoms with Crippen LogP contribution in [0.1, 0.15) is 19.4 Å². The topological polar surface area (TPSA) is 18.5 Å². The lowest BCUT2D eigenvalue weighted by Gasteiger charge is -2.14. The highest BCUT2D eigenvalue weighted by molar-refractivity contribution is 5.70. The molecule has 0 unspecified atom stereocenters. The molecule has 0 bridgehead atoms. The molecule has 0 heterocycles. The van der Waals surface area contributed by atoms with Crippen molar-refractivity contribution in [1.82, 2.24) is 0 Å². The van der Waals surface area contributed by atoms with Crippen molar-refractivity contribution in [1.29, 1.82) is 0 Å². The van der Waals surface area contributed by atoms with Crippen LogP contribution in [0.4, 0.5) is 17.6 Å². The smallest absolute Gasteiger partial charge is 0.422 e. The van der Waals surface area contributed by atoms with Crippen LogP contribution in [0.15, 0.2) is 30.3 Å². The standard InChI is InChI=1S/C13H14F4O2/c1-3-18-10-7-5-9(6-8-10)11(13(15,16)17)12(14)19-4-2/h5-8H,3-4H2,1-2H3/b12-11-. The summed E-state index contributed by atoms with van der Waals surface area (Å²) in [5.74, 6) is 0.421. The van der Waals surface area contributed by atoms with Crippen LogP contribution < -0.4 is 4.74 Å². The van der Waals surface area contributed by atoms with Crippen LogP contribution in [0.3, 0.4) is 0 Å². The summed E-state index contributed by atoms with van der Waals surface area (Å²) in [6.07, 6.45) is -4.83. The van der Waals surface area contributed by atoms with Gasteiger partial charge in [-0.15, -0.1) is 0 Å². The first-order valence-corrected chi connectivity index (χ1v) is 5.73. The van der Waals surface area contributed by atoms with Gasteiger partial charge in [-0.2, -0.15) is 17.6 Å². The van der Waals surface area contributed by atoms with Crippen LogP contribution in [0.5, 0.6) is 5.75 Å². The fourth-order valence-electron chi connectivity index (χ4n) is 1.47. The van der Waals surface area contributed by atoms with Gasteiger partial charge in [0, 0.05) is 0 Å². The monoisotopic (exact) mass is 278 g/mol. The molecule has 0 saturated heterocycles. The minimum absolute atomic E-state index is 0.178. The van der Waals surface area contributed by atoms with Crippen LogP contribution in [-0.2, 0) is 4.74 Å². The number of rotatable bonds is 5. The molecule has 1 rings (SSSR count). The summed E-state index contributed by atoms with van der Waals surface area (Å²) < 4.78 is 61.3. The summed E-state index contributed by atoms with van der Waals surface area (Å²) in [7, 11) is 0. The molecule has 0 spiro atoms. The third kappa shape index (κ3) is 4.15. The minimum atomic E-state index is -4.83. The lowest BCUT2D eigenvalue weighted by molar-refractivity contribution is -0.0730. The summed E-state index contributed by atoms with van der Waals surface area (Å²) in [6.45, 7) is 3.38. The van der Waals surface area contributed by atoms with Crippen molar-refractivity contribution >= 4 is 5.57 Å². The summed E-state index contributed by atoms with van der Waals surface area (Å²) in [5, 5.41) is 0. The van der Waals surface area contributed by atoms with E-state index in [1.807, 2.05) is 0 Å². The van der Waals surface area contributed by atoms with Crippen molar-refractivity contribution in [3.8, 4) is 5.75 Å². The van der Waals surface area contributed by atoms with Crippen LogP contribution in [0.25, 0.3) is 5.57 Å².